The van der Waals surface area contributed by atoms with Gasteiger partial charge in [-0.3, -0.25) is 29.4 Å². The van der Waals surface area contributed by atoms with Crippen LogP contribution in [0.5, 0.6) is 0 Å². The van der Waals surface area contributed by atoms with Crippen LogP contribution in [0.25, 0.3) is 11.3 Å². The second-order valence-electron chi connectivity index (χ2n) is 8.04. The Morgan fingerprint density at radius 3 is 2.81 bits per heavy atom. The van der Waals surface area contributed by atoms with E-state index in [-0.39, 0.29) is 18.2 Å². The number of nitrogens with zero attached hydrogens (tertiary/aromatic N) is 4. The van der Waals surface area contributed by atoms with Gasteiger partial charge in [0.1, 0.15) is 6.04 Å². The highest BCUT2D eigenvalue weighted by Crippen LogP contribution is 2.30. The molecule has 8 heteroatoms. The van der Waals surface area contributed by atoms with Crippen molar-refractivity contribution >= 4 is 17.7 Å². The summed E-state index contributed by atoms with van der Waals surface area (Å²) in [5.74, 6) is -0.864. The number of hydrogen-bond acceptors (Lipinski definition) is 5. The minimum Gasteiger partial charge on any atom is -0.322 e. The third-order valence-electron chi connectivity index (χ3n) is 5.75. The smallest absolute Gasteiger partial charge is 0.255 e. The van der Waals surface area contributed by atoms with Crippen LogP contribution in [0.15, 0.2) is 48.9 Å². The molecule has 1 N–H and O–H groups in total. The number of pyridine rings is 1. The molecular formula is C23H21N5O3. The lowest BCUT2D eigenvalue weighted by Crippen LogP contribution is -2.52. The number of amides is 3. The molecule has 0 bridgehead atoms. The molecule has 0 spiro atoms. The van der Waals surface area contributed by atoms with Crippen molar-refractivity contribution in [3.63, 3.8) is 0 Å². The molecule has 1 fully saturated rings. The van der Waals surface area contributed by atoms with E-state index in [0.29, 0.717) is 25.1 Å². The highest BCUT2D eigenvalue weighted by Gasteiger charge is 2.39. The summed E-state index contributed by atoms with van der Waals surface area (Å²) >= 11 is 0. The fraction of sp³-hybridized carbons (Fsp3) is 0.261. The van der Waals surface area contributed by atoms with E-state index < -0.39 is 11.9 Å². The van der Waals surface area contributed by atoms with E-state index in [9.17, 15) is 14.4 Å². The predicted octanol–water partition coefficient (Wildman–Crippen LogP) is 2.06. The van der Waals surface area contributed by atoms with Crippen LogP contribution in [0.1, 0.15) is 39.9 Å². The molecule has 2 aromatic heterocycles. The van der Waals surface area contributed by atoms with Gasteiger partial charge in [-0.15, -0.1) is 0 Å². The van der Waals surface area contributed by atoms with E-state index >= 15 is 0 Å². The monoisotopic (exact) mass is 415 g/mol. The zero-order valence-corrected chi connectivity index (χ0v) is 17.0. The lowest BCUT2D eigenvalue weighted by atomic mass is 10.0. The van der Waals surface area contributed by atoms with Gasteiger partial charge in [-0.1, -0.05) is 6.07 Å². The minimum absolute atomic E-state index is 0.174. The SMILES string of the molecule is Cc1cnn(Cc2ccnc(-c3ccc4c(c3)CN([C@H]3CCC(=O)NC3=O)C4=O)c2)c1. The van der Waals surface area contributed by atoms with Gasteiger partial charge in [-0.05, 0) is 54.3 Å². The Bertz CT molecular complexity index is 1220. The molecule has 8 nitrogen and oxygen atoms in total. The van der Waals surface area contributed by atoms with Crippen molar-refractivity contribution in [1.82, 2.24) is 25.0 Å². The summed E-state index contributed by atoms with van der Waals surface area (Å²) in [5, 5.41) is 6.66. The Kier molecular flexibility index (Phi) is 4.62. The molecule has 0 radical (unpaired) electrons. The normalized spacial score (nSPS) is 18.3. The van der Waals surface area contributed by atoms with E-state index in [1.165, 1.54) is 0 Å². The lowest BCUT2D eigenvalue weighted by Gasteiger charge is -2.29. The van der Waals surface area contributed by atoms with E-state index in [0.717, 1.165) is 27.9 Å². The minimum atomic E-state index is -0.611. The van der Waals surface area contributed by atoms with Gasteiger partial charge in [0.25, 0.3) is 5.91 Å². The quantitative estimate of drug-likeness (QED) is 0.658. The van der Waals surface area contributed by atoms with Crippen molar-refractivity contribution in [1.29, 1.82) is 0 Å². The van der Waals surface area contributed by atoms with Gasteiger partial charge in [-0.2, -0.15) is 5.10 Å². The number of rotatable bonds is 4. The molecule has 31 heavy (non-hydrogen) atoms. The highest BCUT2D eigenvalue weighted by molar-refractivity contribution is 6.05. The molecule has 0 unspecified atom stereocenters. The first kappa shape index (κ1) is 19.2. The highest BCUT2D eigenvalue weighted by atomic mass is 16.2. The number of fused-ring (bicyclic) bond motifs is 1. The topological polar surface area (TPSA) is 97.2 Å². The van der Waals surface area contributed by atoms with Gasteiger partial charge in [-0.25, -0.2) is 0 Å². The first-order chi connectivity index (χ1) is 15.0. The molecule has 156 valence electrons. The molecule has 1 atom stereocenters. The second kappa shape index (κ2) is 7.46. The van der Waals surface area contributed by atoms with Crippen LogP contribution in [0.4, 0.5) is 0 Å². The summed E-state index contributed by atoms with van der Waals surface area (Å²) in [6.07, 6.45) is 6.19. The summed E-state index contributed by atoms with van der Waals surface area (Å²) in [7, 11) is 0. The van der Waals surface area contributed by atoms with Crippen LogP contribution >= 0.6 is 0 Å². The second-order valence-corrected chi connectivity index (χ2v) is 8.04. The maximum absolute atomic E-state index is 12.9. The summed E-state index contributed by atoms with van der Waals surface area (Å²) in [4.78, 5) is 42.6. The molecule has 0 aliphatic carbocycles. The van der Waals surface area contributed by atoms with Crippen molar-refractivity contribution in [2.75, 3.05) is 0 Å². The van der Waals surface area contributed by atoms with E-state index in [1.807, 2.05) is 48.3 Å². The Labute approximate surface area is 178 Å². The predicted molar refractivity (Wildman–Crippen MR) is 112 cm³/mol. The van der Waals surface area contributed by atoms with Gasteiger partial charge in [0, 0.05) is 36.5 Å². The van der Waals surface area contributed by atoms with E-state index in [2.05, 4.69) is 15.4 Å². The van der Waals surface area contributed by atoms with Crippen molar-refractivity contribution in [2.45, 2.75) is 38.9 Å². The van der Waals surface area contributed by atoms with Gasteiger partial charge in [0.2, 0.25) is 11.8 Å². The van der Waals surface area contributed by atoms with Gasteiger partial charge in [0.05, 0.1) is 18.4 Å². The number of imide groups is 1. The van der Waals surface area contributed by atoms with Crippen molar-refractivity contribution in [3.8, 4) is 11.3 Å². The van der Waals surface area contributed by atoms with Gasteiger partial charge < -0.3 is 4.90 Å². The van der Waals surface area contributed by atoms with Gasteiger partial charge >= 0.3 is 0 Å². The van der Waals surface area contributed by atoms with Crippen LogP contribution in [0, 0.1) is 6.92 Å². The molecule has 1 aromatic carbocycles. The summed E-state index contributed by atoms with van der Waals surface area (Å²) in [6.45, 7) is 3.00. The zero-order valence-electron chi connectivity index (χ0n) is 17.0. The number of hydrogen-bond donors (Lipinski definition) is 1. The first-order valence-electron chi connectivity index (χ1n) is 10.2. The number of carbonyl (C=O) groups is 3. The Balaban J connectivity index is 1.38. The van der Waals surface area contributed by atoms with Crippen LogP contribution in [0.3, 0.4) is 0 Å². The number of aryl methyl sites for hydroxylation is 1. The van der Waals surface area contributed by atoms with Crippen LogP contribution in [-0.2, 0) is 22.7 Å². The van der Waals surface area contributed by atoms with E-state index in [4.69, 9.17) is 0 Å². The fourth-order valence-corrected chi connectivity index (χ4v) is 4.20. The third-order valence-corrected chi connectivity index (χ3v) is 5.75. The fourth-order valence-electron chi connectivity index (χ4n) is 4.20. The van der Waals surface area contributed by atoms with E-state index in [1.54, 1.807) is 17.2 Å². The van der Waals surface area contributed by atoms with Crippen molar-refractivity contribution < 1.29 is 14.4 Å². The maximum atomic E-state index is 12.9. The molecule has 5 rings (SSSR count). The lowest BCUT2D eigenvalue weighted by molar-refractivity contribution is -0.136. The standard InChI is InChI=1S/C23H21N5O3/c1-14-10-25-27(11-14)12-15-6-7-24-19(8-15)16-2-3-18-17(9-16)13-28(23(18)31)20-4-5-21(29)26-22(20)30/h2-3,6-11,20H,4-5,12-13H2,1H3,(H,26,29,30)/t20-/m0/s1. The molecule has 0 saturated carbocycles. The molecule has 1 saturated heterocycles. The molecule has 2 aliphatic rings. The third kappa shape index (κ3) is 3.61. The number of aromatic nitrogens is 3. The number of piperidine rings is 1. The van der Waals surface area contributed by atoms with Crippen molar-refractivity contribution in [3.05, 3.63) is 71.2 Å². The van der Waals surface area contributed by atoms with Crippen LogP contribution < -0.4 is 5.32 Å². The molecule has 4 heterocycles. The maximum Gasteiger partial charge on any atom is 0.255 e. The molecule has 2 aliphatic heterocycles. The largest absolute Gasteiger partial charge is 0.322 e. The summed E-state index contributed by atoms with van der Waals surface area (Å²) in [6, 6.07) is 9.01. The number of benzene rings is 1. The number of carbonyl (C=O) groups excluding carboxylic acids is 3. The zero-order chi connectivity index (χ0) is 21.5. The summed E-state index contributed by atoms with van der Waals surface area (Å²) in [5.41, 5.74) is 5.37. The molecule has 3 aromatic rings. The average Bonchev–Trinajstić information content (AvgIpc) is 3.30. The summed E-state index contributed by atoms with van der Waals surface area (Å²) < 4.78 is 1.88. The van der Waals surface area contributed by atoms with Gasteiger partial charge in [0.15, 0.2) is 0 Å². The van der Waals surface area contributed by atoms with Crippen molar-refractivity contribution in [2.24, 2.45) is 0 Å². The number of nitrogens with one attached hydrogen (secondary N) is 1. The first-order valence-corrected chi connectivity index (χ1v) is 10.2. The Morgan fingerprint density at radius 2 is 2.03 bits per heavy atom. The Morgan fingerprint density at radius 1 is 1.16 bits per heavy atom. The Hall–Kier alpha value is -3.81. The average molecular weight is 415 g/mol. The van der Waals surface area contributed by atoms with Crippen LogP contribution in [-0.4, -0.2) is 43.4 Å². The molecular weight excluding hydrogens is 394 g/mol. The van der Waals surface area contributed by atoms with Crippen LogP contribution in [0.2, 0.25) is 0 Å². The molecule has 3 amide bonds.